The van der Waals surface area contributed by atoms with E-state index in [1.165, 1.54) is 6.08 Å². The van der Waals surface area contributed by atoms with Crippen LogP contribution in [0, 0.1) is 0 Å². The van der Waals surface area contributed by atoms with Crippen LogP contribution in [0.3, 0.4) is 0 Å². The van der Waals surface area contributed by atoms with Gasteiger partial charge < -0.3 is 15.3 Å². The van der Waals surface area contributed by atoms with Crippen LogP contribution in [0.15, 0.2) is 61.4 Å². The molecule has 2 N–H and O–H groups in total. The number of pyridine rings is 1. The monoisotopic (exact) mass is 365 g/mol. The molecule has 2 aromatic rings. The van der Waals surface area contributed by atoms with E-state index in [1.54, 1.807) is 41.6 Å². The van der Waals surface area contributed by atoms with Crippen molar-refractivity contribution in [3.8, 4) is 0 Å². The van der Waals surface area contributed by atoms with Gasteiger partial charge in [-0.1, -0.05) is 12.6 Å². The highest BCUT2D eigenvalue weighted by Crippen LogP contribution is 2.27. The highest BCUT2D eigenvalue weighted by Gasteiger charge is 2.34. The fraction of sp³-hybridized carbons (Fsp3) is 0.286. The van der Waals surface area contributed by atoms with Crippen molar-refractivity contribution in [1.29, 1.82) is 0 Å². The summed E-state index contributed by atoms with van der Waals surface area (Å²) >= 11 is 0. The Balaban J connectivity index is 1.62. The molecule has 0 saturated carbocycles. The Bertz CT molecular complexity index is 828. The van der Waals surface area contributed by atoms with Gasteiger partial charge in [0.15, 0.2) is 0 Å². The van der Waals surface area contributed by atoms with E-state index >= 15 is 0 Å². The number of carbonyl (C=O) groups is 2. The average molecular weight is 365 g/mol. The number of rotatable bonds is 5. The van der Waals surface area contributed by atoms with Gasteiger partial charge in [0.05, 0.1) is 5.60 Å². The summed E-state index contributed by atoms with van der Waals surface area (Å²) in [5.41, 5.74) is 1.30. The van der Waals surface area contributed by atoms with Crippen molar-refractivity contribution >= 4 is 17.5 Å². The Kier molecular flexibility index (Phi) is 5.66. The number of aliphatic hydroxyl groups is 1. The molecule has 140 valence electrons. The molecule has 0 radical (unpaired) electrons. The molecule has 0 aliphatic carbocycles. The van der Waals surface area contributed by atoms with Crippen LogP contribution in [0.1, 0.15) is 28.8 Å². The smallest absolute Gasteiger partial charge is 0.253 e. The summed E-state index contributed by atoms with van der Waals surface area (Å²) in [6.45, 7) is 4.40. The van der Waals surface area contributed by atoms with Crippen LogP contribution >= 0.6 is 0 Å². The first-order valence-electron chi connectivity index (χ1n) is 8.93. The van der Waals surface area contributed by atoms with Crippen LogP contribution in [0.25, 0.3) is 0 Å². The van der Waals surface area contributed by atoms with E-state index in [0.29, 0.717) is 43.6 Å². The number of nitrogens with one attached hydrogen (secondary N) is 1. The van der Waals surface area contributed by atoms with E-state index in [2.05, 4.69) is 16.9 Å². The molecule has 0 spiro atoms. The molecule has 27 heavy (non-hydrogen) atoms. The zero-order chi connectivity index (χ0) is 19.3. The SMILES string of the molecule is C=CC(=O)Nc1cccc(C(=O)N2CCC(O)(Cc3ccncc3)CC2)c1. The van der Waals surface area contributed by atoms with Gasteiger partial charge in [0.2, 0.25) is 5.91 Å². The molecule has 0 atom stereocenters. The second-order valence-electron chi connectivity index (χ2n) is 6.82. The van der Waals surface area contributed by atoms with Gasteiger partial charge in [-0.15, -0.1) is 0 Å². The maximum absolute atomic E-state index is 12.8. The zero-order valence-corrected chi connectivity index (χ0v) is 15.1. The third-order valence-electron chi connectivity index (χ3n) is 4.83. The van der Waals surface area contributed by atoms with E-state index in [4.69, 9.17) is 0 Å². The van der Waals surface area contributed by atoms with E-state index in [1.807, 2.05) is 12.1 Å². The second-order valence-corrected chi connectivity index (χ2v) is 6.82. The Labute approximate surface area is 158 Å². The molecule has 1 aliphatic heterocycles. The van der Waals surface area contributed by atoms with Crippen molar-refractivity contribution < 1.29 is 14.7 Å². The highest BCUT2D eigenvalue weighted by molar-refractivity contribution is 6.00. The summed E-state index contributed by atoms with van der Waals surface area (Å²) in [4.78, 5) is 29.9. The number of nitrogens with zero attached hydrogens (tertiary/aromatic N) is 2. The number of amides is 2. The number of carbonyl (C=O) groups excluding carboxylic acids is 2. The minimum atomic E-state index is -0.808. The van der Waals surface area contributed by atoms with Crippen LogP contribution in [0.4, 0.5) is 5.69 Å². The molecule has 6 heteroatoms. The number of aromatic nitrogens is 1. The molecule has 3 rings (SSSR count). The Morgan fingerprint density at radius 2 is 1.93 bits per heavy atom. The molecule has 0 bridgehead atoms. The van der Waals surface area contributed by atoms with Crippen molar-refractivity contribution in [1.82, 2.24) is 9.88 Å². The number of hydrogen-bond acceptors (Lipinski definition) is 4. The van der Waals surface area contributed by atoms with Gasteiger partial charge in [-0.3, -0.25) is 14.6 Å². The topological polar surface area (TPSA) is 82.5 Å². The van der Waals surface area contributed by atoms with E-state index in [0.717, 1.165) is 5.56 Å². The first-order valence-corrected chi connectivity index (χ1v) is 8.93. The van der Waals surface area contributed by atoms with Gasteiger partial charge in [0.25, 0.3) is 5.91 Å². The summed E-state index contributed by atoms with van der Waals surface area (Å²) in [6, 6.07) is 10.6. The second kappa shape index (κ2) is 8.14. The van der Waals surface area contributed by atoms with E-state index in [-0.39, 0.29) is 11.8 Å². The van der Waals surface area contributed by atoms with Gasteiger partial charge in [-0.05, 0) is 54.8 Å². The molecule has 1 aliphatic rings. The highest BCUT2D eigenvalue weighted by atomic mass is 16.3. The Hall–Kier alpha value is -2.99. The molecule has 6 nitrogen and oxygen atoms in total. The molecule has 1 saturated heterocycles. The third-order valence-corrected chi connectivity index (χ3v) is 4.83. The van der Waals surface area contributed by atoms with Crippen LogP contribution in [0.5, 0.6) is 0 Å². The van der Waals surface area contributed by atoms with Crippen LogP contribution < -0.4 is 5.32 Å². The lowest BCUT2D eigenvalue weighted by Crippen LogP contribution is -2.47. The first-order chi connectivity index (χ1) is 13.0. The molecular formula is C21H23N3O3. The van der Waals surface area contributed by atoms with Gasteiger partial charge in [0, 0.05) is 43.2 Å². The zero-order valence-electron chi connectivity index (χ0n) is 15.1. The lowest BCUT2D eigenvalue weighted by atomic mass is 9.85. The molecule has 1 aromatic carbocycles. The predicted molar refractivity (Wildman–Crippen MR) is 103 cm³/mol. The summed E-state index contributed by atoms with van der Waals surface area (Å²) in [7, 11) is 0. The number of piperidine rings is 1. The van der Waals surface area contributed by atoms with Crippen molar-refractivity contribution in [3.05, 3.63) is 72.6 Å². The standard InChI is InChI=1S/C21H23N3O3/c1-2-19(25)23-18-5-3-4-17(14-18)20(26)24-12-8-21(27,9-13-24)15-16-6-10-22-11-7-16/h2-7,10-11,14,27H,1,8-9,12-13,15H2,(H,23,25). The molecule has 0 unspecified atom stereocenters. The largest absolute Gasteiger partial charge is 0.389 e. The molecule has 2 heterocycles. The predicted octanol–water partition coefficient (Wildman–Crippen LogP) is 2.42. The minimum Gasteiger partial charge on any atom is -0.389 e. The average Bonchev–Trinajstić information content (AvgIpc) is 2.68. The normalized spacial score (nSPS) is 15.8. The van der Waals surface area contributed by atoms with Gasteiger partial charge >= 0.3 is 0 Å². The van der Waals surface area contributed by atoms with Crippen molar-refractivity contribution in [2.75, 3.05) is 18.4 Å². The van der Waals surface area contributed by atoms with E-state index in [9.17, 15) is 14.7 Å². The summed E-state index contributed by atoms with van der Waals surface area (Å²) in [6.07, 6.45) is 6.22. The van der Waals surface area contributed by atoms with Crippen molar-refractivity contribution in [2.24, 2.45) is 0 Å². The molecule has 1 fully saturated rings. The van der Waals surface area contributed by atoms with Crippen LogP contribution in [-0.4, -0.2) is 45.5 Å². The Morgan fingerprint density at radius 1 is 1.22 bits per heavy atom. The number of hydrogen-bond donors (Lipinski definition) is 2. The summed E-state index contributed by atoms with van der Waals surface area (Å²) < 4.78 is 0. The Morgan fingerprint density at radius 3 is 2.59 bits per heavy atom. The van der Waals surface area contributed by atoms with Gasteiger partial charge in [-0.25, -0.2) is 0 Å². The van der Waals surface area contributed by atoms with Crippen LogP contribution in [0.2, 0.25) is 0 Å². The van der Waals surface area contributed by atoms with Gasteiger partial charge in [0.1, 0.15) is 0 Å². The lowest BCUT2D eigenvalue weighted by Gasteiger charge is -2.38. The molecular weight excluding hydrogens is 342 g/mol. The maximum atomic E-state index is 12.8. The fourth-order valence-electron chi connectivity index (χ4n) is 3.29. The summed E-state index contributed by atoms with van der Waals surface area (Å²) in [5.74, 6) is -0.422. The van der Waals surface area contributed by atoms with E-state index < -0.39 is 5.60 Å². The fourth-order valence-corrected chi connectivity index (χ4v) is 3.29. The molecule has 2 amide bonds. The minimum absolute atomic E-state index is 0.101. The number of anilines is 1. The van der Waals surface area contributed by atoms with Crippen LogP contribution in [-0.2, 0) is 11.2 Å². The number of benzene rings is 1. The number of likely N-dealkylation sites (tertiary alicyclic amines) is 1. The van der Waals surface area contributed by atoms with Crippen molar-refractivity contribution in [3.63, 3.8) is 0 Å². The maximum Gasteiger partial charge on any atom is 0.253 e. The first kappa shape index (κ1) is 18.8. The van der Waals surface area contributed by atoms with Crippen molar-refractivity contribution in [2.45, 2.75) is 24.9 Å². The quantitative estimate of drug-likeness (QED) is 0.797. The summed E-state index contributed by atoms with van der Waals surface area (Å²) in [5, 5.41) is 13.5. The molecule has 1 aromatic heterocycles. The third kappa shape index (κ3) is 4.80. The lowest BCUT2D eigenvalue weighted by molar-refractivity contribution is -0.111. The van der Waals surface area contributed by atoms with Gasteiger partial charge in [-0.2, -0.15) is 0 Å².